The number of ether oxygens (including phenoxy) is 1. The minimum Gasteiger partial charge on any atom is -0.456 e. The molecule has 0 spiro atoms. The number of sulfonamides is 1. The predicted octanol–water partition coefficient (Wildman–Crippen LogP) is 3.84. The molecular weight excluding hydrogens is 454 g/mol. The lowest BCUT2D eigenvalue weighted by molar-refractivity contribution is 0.00708. The molecule has 3 rings (SSSR count). The third-order valence-electron chi connectivity index (χ3n) is 4.23. The van der Waals surface area contributed by atoms with Crippen molar-refractivity contribution in [1.82, 2.24) is 4.98 Å². The van der Waals surface area contributed by atoms with Gasteiger partial charge in [-0.1, -0.05) is 18.2 Å². The van der Waals surface area contributed by atoms with E-state index >= 15 is 0 Å². The van der Waals surface area contributed by atoms with Crippen LogP contribution in [0.15, 0.2) is 59.8 Å². The average Bonchev–Trinajstić information content (AvgIpc) is 2.71. The Morgan fingerprint density at radius 2 is 1.88 bits per heavy atom. The van der Waals surface area contributed by atoms with Gasteiger partial charge < -0.3 is 10.5 Å². The molecule has 0 aliphatic carbocycles. The number of carbonyl (C=O) groups is 1. The number of nitrogens with two attached hydrogens (primary N) is 1. The number of esters is 1. The molecule has 11 heteroatoms. The van der Waals surface area contributed by atoms with Gasteiger partial charge in [-0.2, -0.15) is 0 Å². The molecule has 0 saturated heterocycles. The van der Waals surface area contributed by atoms with Crippen LogP contribution in [0.5, 0.6) is 0 Å². The number of benzene rings is 2. The third kappa shape index (κ3) is 5.09. The molecule has 1 aromatic heterocycles. The molecular formula is C21H22ClN5O4S. The van der Waals surface area contributed by atoms with Crippen molar-refractivity contribution in [2.24, 2.45) is 5.73 Å². The SMILES string of the molecule is CC(C)(C)OC(=O)c1ccccc1NS(=O)(=O)c1ccc2c(N(Cl)C(=N)N)cncc2c1. The van der Waals surface area contributed by atoms with Gasteiger partial charge in [0.15, 0.2) is 0 Å². The van der Waals surface area contributed by atoms with Gasteiger partial charge in [0, 0.05) is 28.7 Å². The lowest BCUT2D eigenvalue weighted by atomic mass is 10.1. The van der Waals surface area contributed by atoms with Gasteiger partial charge in [-0.3, -0.25) is 15.1 Å². The maximum absolute atomic E-state index is 13.1. The van der Waals surface area contributed by atoms with Gasteiger partial charge in [0.2, 0.25) is 5.96 Å². The first-order chi connectivity index (χ1) is 14.9. The molecule has 1 heterocycles. The van der Waals surface area contributed by atoms with Crippen LogP contribution in [0.25, 0.3) is 10.8 Å². The predicted molar refractivity (Wildman–Crippen MR) is 124 cm³/mol. The van der Waals surface area contributed by atoms with Gasteiger partial charge in [0.25, 0.3) is 10.0 Å². The van der Waals surface area contributed by atoms with E-state index in [4.69, 9.17) is 27.7 Å². The molecule has 32 heavy (non-hydrogen) atoms. The number of halogens is 1. The maximum Gasteiger partial charge on any atom is 0.340 e. The monoisotopic (exact) mass is 475 g/mol. The molecule has 0 radical (unpaired) electrons. The van der Waals surface area contributed by atoms with Crippen LogP contribution in [0.4, 0.5) is 11.4 Å². The Labute approximate surface area is 190 Å². The summed E-state index contributed by atoms with van der Waals surface area (Å²) in [4.78, 5) is 16.5. The summed E-state index contributed by atoms with van der Waals surface area (Å²) >= 11 is 6.02. The zero-order chi connectivity index (χ0) is 23.7. The van der Waals surface area contributed by atoms with Crippen LogP contribution < -0.4 is 14.9 Å². The van der Waals surface area contributed by atoms with Crippen LogP contribution in [0.1, 0.15) is 31.1 Å². The molecule has 4 N–H and O–H groups in total. The summed E-state index contributed by atoms with van der Waals surface area (Å²) in [6.45, 7) is 5.18. The normalized spacial score (nSPS) is 11.8. The lowest BCUT2D eigenvalue weighted by Gasteiger charge is -2.20. The van der Waals surface area contributed by atoms with Crippen molar-refractivity contribution in [3.8, 4) is 0 Å². The summed E-state index contributed by atoms with van der Waals surface area (Å²) in [6, 6.07) is 10.5. The molecule has 0 aliphatic rings. The lowest BCUT2D eigenvalue weighted by Crippen LogP contribution is -2.28. The molecule has 2 aromatic carbocycles. The van der Waals surface area contributed by atoms with E-state index < -0.39 is 27.6 Å². The van der Waals surface area contributed by atoms with E-state index in [1.807, 2.05) is 0 Å². The second-order valence-electron chi connectivity index (χ2n) is 7.86. The highest BCUT2D eigenvalue weighted by Gasteiger charge is 2.23. The van der Waals surface area contributed by atoms with Crippen LogP contribution in [0.2, 0.25) is 0 Å². The topological polar surface area (TPSA) is 138 Å². The first-order valence-corrected chi connectivity index (χ1v) is 11.2. The third-order valence-corrected chi connectivity index (χ3v) is 5.96. The zero-order valence-corrected chi connectivity index (χ0v) is 19.2. The summed E-state index contributed by atoms with van der Waals surface area (Å²) in [5, 5.41) is 8.51. The van der Waals surface area contributed by atoms with Crippen LogP contribution in [0, 0.1) is 5.41 Å². The Balaban J connectivity index is 1.98. The highest BCUT2D eigenvalue weighted by Crippen LogP contribution is 2.30. The van der Waals surface area contributed by atoms with Gasteiger partial charge in [0.1, 0.15) is 5.60 Å². The number of hydrogen-bond acceptors (Lipinski definition) is 6. The Morgan fingerprint density at radius 3 is 2.53 bits per heavy atom. The minimum absolute atomic E-state index is 0.0492. The molecule has 0 fully saturated rings. The molecule has 0 amide bonds. The van der Waals surface area contributed by atoms with Crippen LogP contribution in [0.3, 0.4) is 0 Å². The standard InChI is InChI=1S/C21H22ClN5O4S/c1-21(2,3)31-19(28)16-6-4-5-7-17(16)26-32(29,30)14-8-9-15-13(10-14)11-25-12-18(15)27(22)20(23)24/h4-12,26H,1-3H3,(H3,23,24). The van der Waals surface area contributed by atoms with Crippen molar-refractivity contribution < 1.29 is 17.9 Å². The fourth-order valence-corrected chi connectivity index (χ4v) is 4.13. The van der Waals surface area contributed by atoms with Crippen molar-refractivity contribution >= 4 is 55.9 Å². The van der Waals surface area contributed by atoms with Gasteiger partial charge >= 0.3 is 5.97 Å². The smallest absolute Gasteiger partial charge is 0.340 e. The van der Waals surface area contributed by atoms with Gasteiger partial charge in [0.05, 0.1) is 28.0 Å². The van der Waals surface area contributed by atoms with Gasteiger partial charge in [-0.15, -0.1) is 0 Å². The van der Waals surface area contributed by atoms with E-state index in [0.717, 1.165) is 4.42 Å². The number of nitrogens with one attached hydrogen (secondary N) is 2. The van der Waals surface area contributed by atoms with Crippen molar-refractivity contribution in [2.75, 3.05) is 9.14 Å². The van der Waals surface area contributed by atoms with Crippen molar-refractivity contribution in [2.45, 2.75) is 31.3 Å². The van der Waals surface area contributed by atoms with E-state index in [1.54, 1.807) is 39.0 Å². The van der Waals surface area contributed by atoms with Crippen molar-refractivity contribution in [3.05, 3.63) is 60.4 Å². The fraction of sp³-hybridized carbons (Fsp3) is 0.190. The Hall–Kier alpha value is -3.37. The quantitative estimate of drug-likeness (QED) is 0.220. The zero-order valence-electron chi connectivity index (χ0n) is 17.6. The number of carbonyl (C=O) groups excluding carboxylic acids is 1. The second-order valence-corrected chi connectivity index (χ2v) is 9.88. The highest BCUT2D eigenvalue weighted by molar-refractivity contribution is 7.92. The van der Waals surface area contributed by atoms with E-state index in [1.165, 1.54) is 36.7 Å². The minimum atomic E-state index is -4.05. The summed E-state index contributed by atoms with van der Waals surface area (Å²) in [5.41, 5.74) is 5.22. The number of guanidine groups is 1. The fourth-order valence-electron chi connectivity index (χ4n) is 2.88. The number of nitrogens with zero attached hydrogens (tertiary/aromatic N) is 2. The molecule has 0 bridgehead atoms. The van der Waals surface area contributed by atoms with E-state index in [2.05, 4.69) is 9.71 Å². The average molecular weight is 476 g/mol. The number of anilines is 2. The van der Waals surface area contributed by atoms with Crippen LogP contribution >= 0.6 is 11.8 Å². The number of rotatable bonds is 5. The molecule has 9 nitrogen and oxygen atoms in total. The van der Waals surface area contributed by atoms with Crippen LogP contribution in [-0.4, -0.2) is 30.9 Å². The van der Waals surface area contributed by atoms with E-state index in [0.29, 0.717) is 16.5 Å². The van der Waals surface area contributed by atoms with Crippen molar-refractivity contribution in [3.63, 3.8) is 0 Å². The molecule has 0 saturated carbocycles. The molecule has 3 aromatic rings. The van der Waals surface area contributed by atoms with E-state index in [9.17, 15) is 13.2 Å². The number of aromatic nitrogens is 1. The molecule has 168 valence electrons. The number of fused-ring (bicyclic) bond motifs is 1. The Bertz CT molecular complexity index is 1310. The largest absolute Gasteiger partial charge is 0.456 e. The van der Waals surface area contributed by atoms with Crippen molar-refractivity contribution in [1.29, 1.82) is 5.41 Å². The highest BCUT2D eigenvalue weighted by atomic mass is 35.5. The number of hydrogen-bond donors (Lipinski definition) is 3. The van der Waals surface area contributed by atoms with Gasteiger partial charge in [-0.25, -0.2) is 17.6 Å². The molecule has 0 atom stereocenters. The molecule has 0 aliphatic heterocycles. The molecule has 0 unspecified atom stereocenters. The second kappa shape index (κ2) is 8.64. The Kier molecular flexibility index (Phi) is 6.29. The first kappa shape index (κ1) is 23.3. The van der Waals surface area contributed by atoms with Gasteiger partial charge in [-0.05, 0) is 45.0 Å². The summed E-state index contributed by atoms with van der Waals surface area (Å²) in [6.07, 6.45) is 2.89. The van der Waals surface area contributed by atoms with E-state index in [-0.39, 0.29) is 16.1 Å². The summed E-state index contributed by atoms with van der Waals surface area (Å²) in [7, 11) is -4.05. The first-order valence-electron chi connectivity index (χ1n) is 9.42. The number of para-hydroxylation sites is 1. The Morgan fingerprint density at radius 1 is 1.19 bits per heavy atom. The maximum atomic E-state index is 13.1. The van der Waals surface area contributed by atoms with Crippen LogP contribution in [-0.2, 0) is 14.8 Å². The summed E-state index contributed by atoms with van der Waals surface area (Å²) in [5.74, 6) is -1.05. The summed E-state index contributed by atoms with van der Waals surface area (Å²) < 4.78 is 34.9. The number of pyridine rings is 1.